The van der Waals surface area contributed by atoms with Crippen molar-refractivity contribution in [2.45, 2.75) is 0 Å². The van der Waals surface area contributed by atoms with Crippen LogP contribution in [-0.2, 0) is 0 Å². The molecule has 0 fully saturated rings. The second-order valence-corrected chi connectivity index (χ2v) is 4.47. The maximum Gasteiger partial charge on any atom is 0.271 e. The van der Waals surface area contributed by atoms with Crippen LogP contribution in [0.25, 0.3) is 0 Å². The Labute approximate surface area is 126 Å². The number of ether oxygens (including phenoxy) is 1. The van der Waals surface area contributed by atoms with Gasteiger partial charge in [0, 0.05) is 11.1 Å². The number of carbonyl (C=O) groups is 1. The van der Waals surface area contributed by atoms with Crippen molar-refractivity contribution in [1.29, 1.82) is 0 Å². The van der Waals surface area contributed by atoms with Crippen LogP contribution >= 0.6 is 11.6 Å². The summed E-state index contributed by atoms with van der Waals surface area (Å²) in [5.41, 5.74) is 2.80. The minimum Gasteiger partial charge on any atom is -0.497 e. The van der Waals surface area contributed by atoms with Gasteiger partial charge in [-0.15, -0.1) is 0 Å². The average Bonchev–Trinajstić information content (AvgIpc) is 2.50. The number of methoxy groups -OCH3 is 1. The highest BCUT2D eigenvalue weighted by atomic mass is 35.5. The van der Waals surface area contributed by atoms with Crippen LogP contribution in [0.15, 0.2) is 47.6 Å². The second-order valence-electron chi connectivity index (χ2n) is 4.07. The predicted molar refractivity (Wildman–Crippen MR) is 79.5 cm³/mol. The molecule has 0 unspecified atom stereocenters. The van der Waals surface area contributed by atoms with E-state index in [0.29, 0.717) is 11.3 Å². The third-order valence-electron chi connectivity index (χ3n) is 2.69. The molecule has 0 atom stereocenters. The highest BCUT2D eigenvalue weighted by molar-refractivity contribution is 6.33. The van der Waals surface area contributed by atoms with E-state index in [4.69, 9.17) is 16.3 Å². The number of carbonyl (C=O) groups excluding carboxylic acids is 1. The molecule has 0 spiro atoms. The van der Waals surface area contributed by atoms with E-state index in [1.54, 1.807) is 24.3 Å². The number of halogens is 2. The zero-order valence-corrected chi connectivity index (χ0v) is 11.9. The van der Waals surface area contributed by atoms with Crippen LogP contribution in [0.3, 0.4) is 0 Å². The summed E-state index contributed by atoms with van der Waals surface area (Å²) in [6.07, 6.45) is 1.16. The lowest BCUT2D eigenvalue weighted by atomic mass is 10.2. The van der Waals surface area contributed by atoms with E-state index < -0.39 is 11.7 Å². The van der Waals surface area contributed by atoms with Gasteiger partial charge in [0.1, 0.15) is 11.6 Å². The summed E-state index contributed by atoms with van der Waals surface area (Å²) in [5.74, 6) is -0.386. The molecular weight excluding hydrogens is 295 g/mol. The SMILES string of the molecule is COc1cccc(C(=O)N/N=C\c2c(F)cccc2Cl)c1. The van der Waals surface area contributed by atoms with E-state index in [1.807, 2.05) is 0 Å². The smallest absolute Gasteiger partial charge is 0.271 e. The van der Waals surface area contributed by atoms with Crippen LogP contribution in [0.2, 0.25) is 5.02 Å². The molecule has 0 radical (unpaired) electrons. The number of rotatable bonds is 4. The molecule has 0 heterocycles. The first-order valence-corrected chi connectivity index (χ1v) is 6.41. The van der Waals surface area contributed by atoms with Gasteiger partial charge in [0.25, 0.3) is 5.91 Å². The first-order chi connectivity index (χ1) is 10.1. The van der Waals surface area contributed by atoms with Gasteiger partial charge in [-0.1, -0.05) is 23.7 Å². The number of hydrazone groups is 1. The molecule has 0 aromatic heterocycles. The lowest BCUT2D eigenvalue weighted by Crippen LogP contribution is -2.17. The topological polar surface area (TPSA) is 50.7 Å². The molecule has 2 aromatic rings. The number of amides is 1. The van der Waals surface area contributed by atoms with Gasteiger partial charge >= 0.3 is 0 Å². The second kappa shape index (κ2) is 6.85. The summed E-state index contributed by atoms with van der Waals surface area (Å²) < 4.78 is 18.5. The lowest BCUT2D eigenvalue weighted by Gasteiger charge is -2.03. The molecule has 0 saturated heterocycles. The van der Waals surface area contributed by atoms with E-state index in [2.05, 4.69) is 10.5 Å². The van der Waals surface area contributed by atoms with Crippen LogP contribution < -0.4 is 10.2 Å². The third kappa shape index (κ3) is 3.79. The van der Waals surface area contributed by atoms with Crippen LogP contribution in [0, 0.1) is 5.82 Å². The molecule has 0 aliphatic carbocycles. The molecule has 6 heteroatoms. The number of hydrogen-bond donors (Lipinski definition) is 1. The minimum absolute atomic E-state index is 0.116. The highest BCUT2D eigenvalue weighted by Gasteiger charge is 2.06. The summed E-state index contributed by atoms with van der Waals surface area (Å²) in [5, 5.41) is 3.92. The molecule has 0 bridgehead atoms. The fourth-order valence-corrected chi connectivity index (χ4v) is 1.83. The number of hydrogen-bond acceptors (Lipinski definition) is 3. The zero-order valence-electron chi connectivity index (χ0n) is 11.1. The summed E-state index contributed by atoms with van der Waals surface area (Å²) in [6, 6.07) is 10.9. The van der Waals surface area contributed by atoms with E-state index in [1.165, 1.54) is 25.3 Å². The molecule has 0 aliphatic rings. The summed E-state index contributed by atoms with van der Waals surface area (Å²) >= 11 is 5.84. The average molecular weight is 307 g/mol. The Morgan fingerprint density at radius 2 is 2.10 bits per heavy atom. The van der Waals surface area contributed by atoms with Crippen molar-refractivity contribution >= 4 is 23.7 Å². The molecule has 4 nitrogen and oxygen atoms in total. The number of benzene rings is 2. The fraction of sp³-hybridized carbons (Fsp3) is 0.0667. The summed E-state index contributed by atoms with van der Waals surface area (Å²) in [4.78, 5) is 11.9. The molecule has 21 heavy (non-hydrogen) atoms. The van der Waals surface area contributed by atoms with Crippen LogP contribution in [0.1, 0.15) is 15.9 Å². The van der Waals surface area contributed by atoms with E-state index in [9.17, 15) is 9.18 Å². The zero-order chi connectivity index (χ0) is 15.2. The van der Waals surface area contributed by atoms with Gasteiger partial charge in [-0.2, -0.15) is 5.10 Å². The molecule has 108 valence electrons. The van der Waals surface area contributed by atoms with Gasteiger partial charge in [-0.25, -0.2) is 9.82 Å². The lowest BCUT2D eigenvalue weighted by molar-refractivity contribution is 0.0955. The van der Waals surface area contributed by atoms with Crippen LogP contribution in [0.5, 0.6) is 5.75 Å². The standard InChI is InChI=1S/C15H12ClFN2O2/c1-21-11-5-2-4-10(8-11)15(20)19-18-9-12-13(16)6-3-7-14(12)17/h2-9H,1H3,(H,19,20)/b18-9-. The Balaban J connectivity index is 2.08. The third-order valence-corrected chi connectivity index (χ3v) is 3.02. The molecule has 1 N–H and O–H groups in total. The van der Waals surface area contributed by atoms with E-state index in [-0.39, 0.29) is 10.6 Å². The van der Waals surface area contributed by atoms with Gasteiger partial charge < -0.3 is 4.74 Å². The maximum absolute atomic E-state index is 13.5. The molecule has 0 aliphatic heterocycles. The Morgan fingerprint density at radius 3 is 2.81 bits per heavy atom. The monoisotopic (exact) mass is 306 g/mol. The Morgan fingerprint density at radius 1 is 1.33 bits per heavy atom. The van der Waals surface area contributed by atoms with E-state index >= 15 is 0 Å². The van der Waals surface area contributed by atoms with Crippen molar-refractivity contribution in [3.05, 3.63) is 64.4 Å². The van der Waals surface area contributed by atoms with E-state index in [0.717, 1.165) is 6.21 Å². The molecule has 2 aromatic carbocycles. The predicted octanol–water partition coefficient (Wildman–Crippen LogP) is 3.25. The first kappa shape index (κ1) is 15.0. The Bertz CT molecular complexity index is 669. The van der Waals surface area contributed by atoms with Gasteiger partial charge in [0.2, 0.25) is 0 Å². The molecular formula is C15H12ClFN2O2. The largest absolute Gasteiger partial charge is 0.497 e. The van der Waals surface area contributed by atoms with Gasteiger partial charge in [0.05, 0.1) is 18.3 Å². The first-order valence-electron chi connectivity index (χ1n) is 6.03. The normalized spacial score (nSPS) is 10.6. The van der Waals surface area contributed by atoms with Crippen LogP contribution in [-0.4, -0.2) is 19.2 Å². The van der Waals surface area contributed by atoms with Crippen LogP contribution in [0.4, 0.5) is 4.39 Å². The van der Waals surface area contributed by atoms with Gasteiger partial charge in [-0.05, 0) is 30.3 Å². The van der Waals surface area contributed by atoms with Crippen molar-refractivity contribution in [2.24, 2.45) is 5.10 Å². The number of nitrogens with one attached hydrogen (secondary N) is 1. The van der Waals surface area contributed by atoms with Crippen molar-refractivity contribution < 1.29 is 13.9 Å². The highest BCUT2D eigenvalue weighted by Crippen LogP contribution is 2.16. The number of nitrogens with zero attached hydrogens (tertiary/aromatic N) is 1. The van der Waals surface area contributed by atoms with Gasteiger partial charge in [-0.3, -0.25) is 4.79 Å². The Hall–Kier alpha value is -2.40. The molecule has 2 rings (SSSR count). The Kier molecular flexibility index (Phi) is 4.90. The van der Waals surface area contributed by atoms with Crippen molar-refractivity contribution in [1.82, 2.24) is 5.43 Å². The molecule has 0 saturated carbocycles. The van der Waals surface area contributed by atoms with Crippen molar-refractivity contribution in [2.75, 3.05) is 7.11 Å². The maximum atomic E-state index is 13.5. The molecule has 1 amide bonds. The minimum atomic E-state index is -0.512. The summed E-state index contributed by atoms with van der Waals surface area (Å²) in [6.45, 7) is 0. The summed E-state index contributed by atoms with van der Waals surface area (Å²) in [7, 11) is 1.51. The van der Waals surface area contributed by atoms with Gasteiger partial charge in [0.15, 0.2) is 0 Å². The quantitative estimate of drug-likeness (QED) is 0.696. The fourth-order valence-electron chi connectivity index (χ4n) is 1.62. The van der Waals surface area contributed by atoms with Crippen molar-refractivity contribution in [3.8, 4) is 5.75 Å². The van der Waals surface area contributed by atoms with Crippen molar-refractivity contribution in [3.63, 3.8) is 0 Å².